The topological polar surface area (TPSA) is 69.7 Å². The predicted octanol–water partition coefficient (Wildman–Crippen LogP) is 1.36. The van der Waals surface area contributed by atoms with E-state index in [0.717, 1.165) is 14.2 Å². The van der Waals surface area contributed by atoms with Crippen LogP contribution in [-0.4, -0.2) is 33.6 Å². The quantitative estimate of drug-likeness (QED) is 0.710. The summed E-state index contributed by atoms with van der Waals surface area (Å²) in [4.78, 5) is 0. The van der Waals surface area contributed by atoms with Crippen LogP contribution in [0.15, 0.2) is 0 Å². The standard InChI is InChI=1S/C4H8F3O5PS/c1-11-13(8,12-2)3-14(9,10)4(5,6)7/h3H2,1-2H3. The van der Waals surface area contributed by atoms with Gasteiger partial charge in [0.1, 0.15) is 0 Å². The zero-order valence-electron chi connectivity index (χ0n) is 7.24. The van der Waals surface area contributed by atoms with E-state index < -0.39 is 28.4 Å². The SMILES string of the molecule is COP(=O)(CS(=O)(=O)C(F)(F)F)OC. The number of hydrogen-bond acceptors (Lipinski definition) is 5. The van der Waals surface area contributed by atoms with Crippen LogP contribution < -0.4 is 0 Å². The van der Waals surface area contributed by atoms with E-state index >= 15 is 0 Å². The molecule has 0 spiro atoms. The lowest BCUT2D eigenvalue weighted by atomic mass is 11.6. The first-order chi connectivity index (χ1) is 6.08. The Morgan fingerprint density at radius 2 is 1.57 bits per heavy atom. The first kappa shape index (κ1) is 13.9. The van der Waals surface area contributed by atoms with Crippen LogP contribution >= 0.6 is 7.60 Å². The summed E-state index contributed by atoms with van der Waals surface area (Å²) in [6.07, 6.45) is 0. The van der Waals surface area contributed by atoms with Gasteiger partial charge in [-0.15, -0.1) is 0 Å². The van der Waals surface area contributed by atoms with Crippen LogP contribution in [0.25, 0.3) is 0 Å². The van der Waals surface area contributed by atoms with Gasteiger partial charge in [0.15, 0.2) is 5.49 Å². The second-order valence-electron chi connectivity index (χ2n) is 2.17. The summed E-state index contributed by atoms with van der Waals surface area (Å²) >= 11 is 0. The summed E-state index contributed by atoms with van der Waals surface area (Å²) in [5.41, 5.74) is -7.17. The summed E-state index contributed by atoms with van der Waals surface area (Å²) in [6, 6.07) is 0. The van der Waals surface area contributed by atoms with E-state index in [1.165, 1.54) is 0 Å². The Kier molecular flexibility index (Phi) is 4.14. The van der Waals surface area contributed by atoms with Gasteiger partial charge in [0, 0.05) is 14.2 Å². The Hall–Kier alpha value is -0.110. The molecule has 0 aromatic rings. The van der Waals surface area contributed by atoms with E-state index in [4.69, 9.17) is 0 Å². The minimum absolute atomic E-state index is 0.802. The minimum atomic E-state index is -5.49. The molecule has 0 heterocycles. The molecular weight excluding hydrogens is 248 g/mol. The number of alkyl halides is 3. The molecule has 0 aliphatic carbocycles. The van der Waals surface area contributed by atoms with Gasteiger partial charge in [-0.1, -0.05) is 0 Å². The van der Waals surface area contributed by atoms with E-state index in [1.54, 1.807) is 0 Å². The zero-order valence-corrected chi connectivity index (χ0v) is 8.95. The number of rotatable bonds is 4. The fourth-order valence-corrected chi connectivity index (χ4v) is 3.70. The Morgan fingerprint density at radius 3 is 1.79 bits per heavy atom. The monoisotopic (exact) mass is 256 g/mol. The maximum Gasteiger partial charge on any atom is 0.498 e. The molecule has 0 unspecified atom stereocenters. The van der Waals surface area contributed by atoms with Crippen LogP contribution in [0.2, 0.25) is 0 Å². The highest BCUT2D eigenvalue weighted by molar-refractivity contribution is 7.98. The molecule has 0 atom stereocenters. The molecule has 10 heteroatoms. The summed E-state index contributed by atoms with van der Waals surface area (Å²) in [5.74, 6) is 0. The van der Waals surface area contributed by atoms with Gasteiger partial charge in [0.05, 0.1) is 0 Å². The molecule has 86 valence electrons. The lowest BCUT2D eigenvalue weighted by molar-refractivity contribution is -0.0432. The average Bonchev–Trinajstić information content (AvgIpc) is 2.01. The Morgan fingerprint density at radius 1 is 1.21 bits per heavy atom. The summed E-state index contributed by atoms with van der Waals surface area (Å²) in [7, 11) is -8.10. The minimum Gasteiger partial charge on any atom is -0.311 e. The molecule has 5 nitrogen and oxygen atoms in total. The van der Waals surface area contributed by atoms with E-state index in [9.17, 15) is 26.2 Å². The van der Waals surface area contributed by atoms with Crippen LogP contribution in [0.3, 0.4) is 0 Å². The van der Waals surface area contributed by atoms with Crippen molar-refractivity contribution >= 4 is 17.4 Å². The fraction of sp³-hybridized carbons (Fsp3) is 1.00. The van der Waals surface area contributed by atoms with Crippen molar-refractivity contribution in [2.45, 2.75) is 5.51 Å². The summed E-state index contributed by atoms with van der Waals surface area (Å²) in [5, 5.41) is 0. The van der Waals surface area contributed by atoms with Crippen molar-refractivity contribution in [3.63, 3.8) is 0 Å². The van der Waals surface area contributed by atoms with Crippen molar-refractivity contribution in [1.82, 2.24) is 0 Å². The lowest BCUT2D eigenvalue weighted by Gasteiger charge is -2.14. The van der Waals surface area contributed by atoms with E-state index in [0.29, 0.717) is 0 Å². The molecule has 0 saturated carbocycles. The molecule has 0 radical (unpaired) electrons. The number of halogens is 3. The molecule has 14 heavy (non-hydrogen) atoms. The zero-order chi connectivity index (χ0) is 11.6. The molecular formula is C4H8F3O5PS. The normalized spacial score (nSPS) is 14.4. The fourth-order valence-electron chi connectivity index (χ4n) is 0.461. The van der Waals surface area contributed by atoms with Crippen molar-refractivity contribution in [1.29, 1.82) is 0 Å². The molecule has 0 rings (SSSR count). The third kappa shape index (κ3) is 3.23. The summed E-state index contributed by atoms with van der Waals surface area (Å²) in [6.45, 7) is 0. The Labute approximate surface area is 78.6 Å². The van der Waals surface area contributed by atoms with Gasteiger partial charge >= 0.3 is 13.1 Å². The van der Waals surface area contributed by atoms with Gasteiger partial charge in [-0.2, -0.15) is 13.2 Å². The van der Waals surface area contributed by atoms with Crippen LogP contribution in [0.4, 0.5) is 13.2 Å². The molecule has 0 bridgehead atoms. The van der Waals surface area contributed by atoms with E-state index in [-0.39, 0.29) is 0 Å². The molecule has 0 aromatic heterocycles. The second kappa shape index (κ2) is 4.18. The third-order valence-electron chi connectivity index (χ3n) is 1.24. The van der Waals surface area contributed by atoms with Gasteiger partial charge in [-0.05, 0) is 0 Å². The van der Waals surface area contributed by atoms with Crippen molar-refractivity contribution < 1.29 is 35.2 Å². The average molecular weight is 256 g/mol. The van der Waals surface area contributed by atoms with Crippen molar-refractivity contribution in [2.24, 2.45) is 0 Å². The molecule has 0 aliphatic heterocycles. The first-order valence-electron chi connectivity index (χ1n) is 3.07. The molecule has 0 N–H and O–H groups in total. The van der Waals surface area contributed by atoms with Gasteiger partial charge < -0.3 is 9.05 Å². The molecule has 0 amide bonds. The predicted molar refractivity (Wildman–Crippen MR) is 41.5 cm³/mol. The van der Waals surface area contributed by atoms with E-state index in [1.807, 2.05) is 0 Å². The number of hydrogen-bond donors (Lipinski definition) is 0. The molecule has 0 aliphatic rings. The molecule has 0 saturated heterocycles. The van der Waals surface area contributed by atoms with Gasteiger partial charge in [0.2, 0.25) is 0 Å². The maximum absolute atomic E-state index is 11.8. The largest absolute Gasteiger partial charge is 0.498 e. The highest BCUT2D eigenvalue weighted by atomic mass is 32.2. The highest BCUT2D eigenvalue weighted by Gasteiger charge is 2.50. The number of sulfone groups is 1. The second-order valence-corrected chi connectivity index (χ2v) is 6.84. The first-order valence-corrected chi connectivity index (χ1v) is 6.45. The van der Waals surface area contributed by atoms with Gasteiger partial charge in [-0.25, -0.2) is 8.42 Å². The molecule has 0 fully saturated rings. The third-order valence-corrected chi connectivity index (χ3v) is 5.68. The van der Waals surface area contributed by atoms with Crippen LogP contribution in [0.5, 0.6) is 0 Å². The van der Waals surface area contributed by atoms with Gasteiger partial charge in [0.25, 0.3) is 9.84 Å². The van der Waals surface area contributed by atoms with Crippen LogP contribution in [-0.2, 0) is 23.4 Å². The summed E-state index contributed by atoms with van der Waals surface area (Å²) < 4.78 is 75.7. The lowest BCUT2D eigenvalue weighted by Crippen LogP contribution is -2.26. The smallest absolute Gasteiger partial charge is 0.311 e. The highest BCUT2D eigenvalue weighted by Crippen LogP contribution is 2.49. The van der Waals surface area contributed by atoms with Crippen molar-refractivity contribution in [3.8, 4) is 0 Å². The van der Waals surface area contributed by atoms with Crippen molar-refractivity contribution in [3.05, 3.63) is 0 Å². The van der Waals surface area contributed by atoms with Gasteiger partial charge in [-0.3, -0.25) is 4.57 Å². The maximum atomic E-state index is 11.8. The molecule has 0 aromatic carbocycles. The van der Waals surface area contributed by atoms with Crippen LogP contribution in [0, 0.1) is 0 Å². The van der Waals surface area contributed by atoms with Crippen molar-refractivity contribution in [2.75, 3.05) is 19.7 Å². The Bertz CT molecular complexity index is 325. The van der Waals surface area contributed by atoms with E-state index in [2.05, 4.69) is 9.05 Å². The Balaban J connectivity index is 4.95. The van der Waals surface area contributed by atoms with Crippen LogP contribution in [0.1, 0.15) is 0 Å².